The molecule has 1 aromatic rings. The summed E-state index contributed by atoms with van der Waals surface area (Å²) < 4.78 is 39.2. The van der Waals surface area contributed by atoms with Crippen molar-refractivity contribution in [2.24, 2.45) is 0 Å². The maximum atomic E-state index is 14.3. The molecule has 0 N–H and O–H groups in total. The summed E-state index contributed by atoms with van der Waals surface area (Å²) in [6, 6.07) is 1.30. The predicted molar refractivity (Wildman–Crippen MR) is 72.3 cm³/mol. The molecule has 0 aromatic heterocycles. The molecule has 1 saturated heterocycles. The molecule has 0 amide bonds. The van der Waals surface area contributed by atoms with Gasteiger partial charge in [-0.3, -0.25) is 0 Å². The van der Waals surface area contributed by atoms with Crippen LogP contribution in [0.3, 0.4) is 0 Å². The summed E-state index contributed by atoms with van der Waals surface area (Å²) >= 11 is 3.18. The molecule has 0 saturated carbocycles. The van der Waals surface area contributed by atoms with Crippen LogP contribution >= 0.6 is 26.0 Å². The summed E-state index contributed by atoms with van der Waals surface area (Å²) in [5.74, 6) is -1.08. The monoisotopic (exact) mass is 340 g/mol. The van der Waals surface area contributed by atoms with Crippen molar-refractivity contribution in [1.82, 2.24) is 0 Å². The average Bonchev–Trinajstić information content (AvgIpc) is 2.74. The number of hydrogen-bond acceptors (Lipinski definition) is 2. The number of rotatable bonds is 2. The minimum Gasteiger partial charge on any atom is -0.346 e. The zero-order valence-electron chi connectivity index (χ0n) is 10.4. The van der Waals surface area contributed by atoms with Crippen LogP contribution in [0.25, 0.3) is 0 Å². The molecule has 1 aromatic carbocycles. The van der Waals surface area contributed by atoms with Crippen LogP contribution in [0.5, 0.6) is 0 Å². The van der Waals surface area contributed by atoms with E-state index in [0.29, 0.717) is 18.8 Å². The van der Waals surface area contributed by atoms with Crippen molar-refractivity contribution >= 4 is 26.0 Å². The van der Waals surface area contributed by atoms with E-state index in [9.17, 15) is 8.78 Å². The molecule has 0 atom stereocenters. The number of ether oxygens (including phenoxy) is 2. The van der Waals surface area contributed by atoms with Gasteiger partial charge in [-0.25, -0.2) is 18.8 Å². The lowest BCUT2D eigenvalue weighted by Crippen LogP contribution is -2.07. The van der Waals surface area contributed by atoms with E-state index in [0.717, 1.165) is 0 Å². The van der Waals surface area contributed by atoms with Crippen LogP contribution in [0, 0.1) is 11.6 Å². The quantitative estimate of drug-likeness (QED) is 0.762. The molecular weight excluding hydrogens is 326 g/mol. The Bertz CT molecular complexity index is 468. The summed E-state index contributed by atoms with van der Waals surface area (Å²) in [5, 5.41) is 0. The Morgan fingerprint density at radius 2 is 1.78 bits per heavy atom. The van der Waals surface area contributed by atoms with Gasteiger partial charge in [-0.05, 0) is 40.8 Å². The molecule has 0 radical (unpaired) electrons. The highest BCUT2D eigenvalue weighted by molar-refractivity contribution is 9.10. The number of hydrogen-bond donors (Lipinski definition) is 0. The highest BCUT2D eigenvalue weighted by atomic mass is 79.9. The predicted octanol–water partition coefficient (Wildman–Crippen LogP) is 3.83. The van der Waals surface area contributed by atoms with Gasteiger partial charge in [0.2, 0.25) is 0 Å². The van der Waals surface area contributed by atoms with E-state index >= 15 is 0 Å². The second kappa shape index (κ2) is 5.07. The van der Waals surface area contributed by atoms with Crippen LogP contribution in [0.4, 0.5) is 8.78 Å². The van der Waals surface area contributed by atoms with Crippen LogP contribution in [0.2, 0.25) is 0 Å². The van der Waals surface area contributed by atoms with E-state index in [-0.39, 0.29) is 9.37 Å². The number of halogens is 3. The first-order valence-corrected chi connectivity index (χ1v) is 9.06. The first kappa shape index (κ1) is 14.2. The Hall–Kier alpha value is -0.170. The summed E-state index contributed by atoms with van der Waals surface area (Å²) in [4.78, 5) is 0.149. The van der Waals surface area contributed by atoms with Crippen molar-refractivity contribution in [2.45, 2.75) is 11.2 Å². The topological polar surface area (TPSA) is 18.5 Å². The zero-order chi connectivity index (χ0) is 13.5. The van der Waals surface area contributed by atoms with Gasteiger partial charge >= 0.3 is 0 Å². The Balaban J connectivity index is 2.54. The summed E-state index contributed by atoms with van der Waals surface area (Å²) in [6.07, 6.45) is 4.86. The van der Waals surface area contributed by atoms with Gasteiger partial charge < -0.3 is 9.47 Å². The third-order valence-corrected chi connectivity index (χ3v) is 5.04. The Kier molecular flexibility index (Phi) is 4.02. The second-order valence-electron chi connectivity index (χ2n) is 4.82. The summed E-state index contributed by atoms with van der Waals surface area (Å²) in [5.41, 5.74) is 0.370. The van der Waals surface area contributed by atoms with Crippen molar-refractivity contribution < 1.29 is 18.3 Å². The van der Waals surface area contributed by atoms with E-state index in [2.05, 4.69) is 15.9 Å². The molecule has 1 heterocycles. The van der Waals surface area contributed by atoms with Gasteiger partial charge in [0.05, 0.1) is 22.6 Å². The van der Waals surface area contributed by atoms with Gasteiger partial charge in [0.15, 0.2) is 12.1 Å². The molecule has 2 nitrogen and oxygen atoms in total. The molecule has 0 unspecified atom stereocenters. The van der Waals surface area contributed by atoms with Crippen molar-refractivity contribution in [2.75, 3.05) is 32.0 Å². The van der Waals surface area contributed by atoms with Gasteiger partial charge in [-0.1, -0.05) is 0 Å². The minimum absolute atomic E-state index is 0.149. The van der Waals surface area contributed by atoms with Crippen molar-refractivity contribution in [3.8, 4) is 0 Å². The molecule has 0 bridgehead atoms. The van der Waals surface area contributed by atoms with Crippen molar-refractivity contribution in [1.29, 1.82) is 0 Å². The Labute approximate surface area is 115 Å². The summed E-state index contributed by atoms with van der Waals surface area (Å²) in [6.45, 7) is 0.874. The van der Waals surface area contributed by atoms with Crippen molar-refractivity contribution in [3.05, 3.63) is 27.7 Å². The van der Waals surface area contributed by atoms with E-state index in [4.69, 9.17) is 9.47 Å². The van der Waals surface area contributed by atoms with Crippen LogP contribution in [-0.2, 0) is 9.47 Å². The lowest BCUT2D eigenvalue weighted by atomic mass is 10.2. The van der Waals surface area contributed by atoms with E-state index in [1.54, 1.807) is 0 Å². The molecule has 1 aliphatic rings. The first-order chi connectivity index (χ1) is 8.32. The molecule has 6 heteroatoms. The van der Waals surface area contributed by atoms with E-state index < -0.39 is 28.0 Å². The largest absolute Gasteiger partial charge is 0.346 e. The number of benzene rings is 1. The van der Waals surface area contributed by atoms with Crippen LogP contribution in [0.15, 0.2) is 15.4 Å². The molecule has 1 fully saturated rings. The molecule has 102 valence electrons. The fraction of sp³-hybridized carbons (Fsp3) is 0.500. The molecule has 18 heavy (non-hydrogen) atoms. The highest BCUT2D eigenvalue weighted by Gasteiger charge is 2.28. The SMILES string of the molecule is CS(C)(C)c1c(F)cc(C2OCCO2)c(Br)c1F. The van der Waals surface area contributed by atoms with E-state index in [1.165, 1.54) is 6.07 Å². The van der Waals surface area contributed by atoms with Gasteiger partial charge in [0, 0.05) is 5.56 Å². The van der Waals surface area contributed by atoms with Gasteiger partial charge in [-0.2, -0.15) is 0 Å². The molecular formula is C12H15BrF2O2S. The highest BCUT2D eigenvalue weighted by Crippen LogP contribution is 2.50. The normalized spacial score (nSPS) is 18.3. The fourth-order valence-electron chi connectivity index (χ4n) is 1.87. The smallest absolute Gasteiger partial charge is 0.185 e. The van der Waals surface area contributed by atoms with Crippen molar-refractivity contribution in [3.63, 3.8) is 0 Å². The second-order valence-corrected chi connectivity index (χ2v) is 9.69. The molecule has 0 aliphatic carbocycles. The summed E-state index contributed by atoms with van der Waals surface area (Å²) in [7, 11) is -1.49. The zero-order valence-corrected chi connectivity index (χ0v) is 12.8. The molecule has 1 aliphatic heterocycles. The van der Waals surface area contributed by atoms with Crippen LogP contribution < -0.4 is 0 Å². The van der Waals surface area contributed by atoms with Gasteiger partial charge in [-0.15, -0.1) is 0 Å². The standard InChI is InChI=1S/C12H15BrF2O2S/c1-18(2,3)11-8(14)6-7(9(13)10(11)15)12-16-4-5-17-12/h6,12H,4-5H2,1-3H3. The maximum Gasteiger partial charge on any atom is 0.185 e. The first-order valence-electron chi connectivity index (χ1n) is 5.41. The third kappa shape index (κ3) is 2.57. The lowest BCUT2D eigenvalue weighted by molar-refractivity contribution is -0.0451. The fourth-order valence-corrected chi connectivity index (χ4v) is 3.78. The van der Waals surface area contributed by atoms with Crippen LogP contribution in [0.1, 0.15) is 11.9 Å². The lowest BCUT2D eigenvalue weighted by Gasteiger charge is -2.28. The Morgan fingerprint density at radius 1 is 1.22 bits per heavy atom. The van der Waals surface area contributed by atoms with Crippen LogP contribution in [-0.4, -0.2) is 32.0 Å². The average molecular weight is 341 g/mol. The van der Waals surface area contributed by atoms with Gasteiger partial charge in [0.25, 0.3) is 0 Å². The maximum absolute atomic E-state index is 14.3. The minimum atomic E-state index is -1.49. The molecule has 0 spiro atoms. The van der Waals surface area contributed by atoms with E-state index in [1.807, 2.05) is 18.8 Å². The molecule has 2 rings (SSSR count). The third-order valence-electron chi connectivity index (χ3n) is 2.63. The van der Waals surface area contributed by atoms with Gasteiger partial charge in [0.1, 0.15) is 5.82 Å². The Morgan fingerprint density at radius 3 is 2.28 bits per heavy atom.